The predicted octanol–water partition coefficient (Wildman–Crippen LogP) is 0.816. The molecular weight excluding hydrogens is 232 g/mol. The summed E-state index contributed by atoms with van der Waals surface area (Å²) in [6, 6.07) is -0.372. The Labute approximate surface area is 109 Å². The summed E-state index contributed by atoms with van der Waals surface area (Å²) < 4.78 is 10.9. The maximum absolute atomic E-state index is 11.5. The van der Waals surface area contributed by atoms with Crippen LogP contribution in [0.15, 0.2) is 0 Å². The van der Waals surface area contributed by atoms with E-state index in [0.29, 0.717) is 19.8 Å². The van der Waals surface area contributed by atoms with E-state index in [1.807, 2.05) is 6.92 Å². The zero-order chi connectivity index (χ0) is 13.2. The van der Waals surface area contributed by atoms with Crippen molar-refractivity contribution >= 4 is 5.91 Å². The molecule has 0 bridgehead atoms. The minimum atomic E-state index is -0.372. The van der Waals surface area contributed by atoms with Crippen LogP contribution in [0.5, 0.6) is 0 Å². The molecule has 0 aromatic heterocycles. The normalized spacial score (nSPS) is 20.9. The van der Waals surface area contributed by atoms with Gasteiger partial charge in [-0.25, -0.2) is 0 Å². The summed E-state index contributed by atoms with van der Waals surface area (Å²) in [6.07, 6.45) is 5.00. The summed E-state index contributed by atoms with van der Waals surface area (Å²) in [7, 11) is 0. The van der Waals surface area contributed by atoms with E-state index in [1.165, 1.54) is 0 Å². The third kappa shape index (κ3) is 6.33. The highest BCUT2D eigenvalue weighted by molar-refractivity contribution is 5.81. The number of carbonyl (C=O) groups is 1. The van der Waals surface area contributed by atoms with E-state index in [0.717, 1.165) is 38.7 Å². The van der Waals surface area contributed by atoms with Crippen molar-refractivity contribution in [3.63, 3.8) is 0 Å². The largest absolute Gasteiger partial charge is 0.379 e. The minimum Gasteiger partial charge on any atom is -0.379 e. The number of hydrogen-bond donors (Lipinski definition) is 2. The summed E-state index contributed by atoms with van der Waals surface area (Å²) in [5.41, 5.74) is 5.69. The Hall–Kier alpha value is -0.650. The van der Waals surface area contributed by atoms with Gasteiger partial charge in [-0.05, 0) is 25.7 Å². The maximum Gasteiger partial charge on any atom is 0.236 e. The van der Waals surface area contributed by atoms with E-state index >= 15 is 0 Å². The van der Waals surface area contributed by atoms with Gasteiger partial charge in [-0.2, -0.15) is 0 Å². The Kier molecular flexibility index (Phi) is 7.96. The molecule has 0 saturated carbocycles. The van der Waals surface area contributed by atoms with Gasteiger partial charge in [0.05, 0.1) is 18.8 Å². The minimum absolute atomic E-state index is 0.0593. The highest BCUT2D eigenvalue weighted by atomic mass is 16.5. The van der Waals surface area contributed by atoms with Crippen molar-refractivity contribution in [3.05, 3.63) is 0 Å². The molecule has 5 nitrogen and oxygen atoms in total. The average Bonchev–Trinajstić information content (AvgIpc) is 2.86. The average molecular weight is 258 g/mol. The van der Waals surface area contributed by atoms with Gasteiger partial charge in [-0.15, -0.1) is 0 Å². The SMILES string of the molecule is CCC[C@@H](N)C(=O)NCCCOCC1CCCO1. The van der Waals surface area contributed by atoms with Crippen LogP contribution in [-0.4, -0.2) is 44.4 Å². The van der Waals surface area contributed by atoms with Crippen LogP contribution in [0.1, 0.15) is 39.0 Å². The van der Waals surface area contributed by atoms with Crippen molar-refractivity contribution in [2.24, 2.45) is 5.73 Å². The lowest BCUT2D eigenvalue weighted by molar-refractivity contribution is -0.122. The summed E-state index contributed by atoms with van der Waals surface area (Å²) in [6.45, 7) is 4.83. The molecule has 0 aliphatic carbocycles. The summed E-state index contributed by atoms with van der Waals surface area (Å²) in [4.78, 5) is 11.5. The van der Waals surface area contributed by atoms with E-state index in [4.69, 9.17) is 15.2 Å². The Bertz CT molecular complexity index is 230. The zero-order valence-corrected chi connectivity index (χ0v) is 11.3. The predicted molar refractivity (Wildman–Crippen MR) is 70.3 cm³/mol. The highest BCUT2D eigenvalue weighted by Gasteiger charge is 2.15. The standard InChI is InChI=1S/C13H26N2O3/c1-2-5-12(14)13(16)15-7-4-8-17-10-11-6-3-9-18-11/h11-12H,2-10,14H2,1H3,(H,15,16)/t11?,12-/m1/s1. The first-order chi connectivity index (χ1) is 8.74. The molecule has 1 unspecified atom stereocenters. The number of carbonyl (C=O) groups excluding carboxylic acids is 1. The second-order valence-corrected chi connectivity index (χ2v) is 4.75. The van der Waals surface area contributed by atoms with Crippen LogP contribution >= 0.6 is 0 Å². The Morgan fingerprint density at radius 1 is 1.61 bits per heavy atom. The first-order valence-corrected chi connectivity index (χ1v) is 6.96. The Morgan fingerprint density at radius 3 is 3.11 bits per heavy atom. The lowest BCUT2D eigenvalue weighted by Gasteiger charge is -2.12. The molecule has 1 amide bonds. The number of rotatable bonds is 9. The number of nitrogens with two attached hydrogens (primary N) is 1. The van der Waals surface area contributed by atoms with Gasteiger partial charge >= 0.3 is 0 Å². The van der Waals surface area contributed by atoms with Crippen LogP contribution in [0, 0.1) is 0 Å². The van der Waals surface area contributed by atoms with Gasteiger partial charge in [0.1, 0.15) is 0 Å². The molecule has 0 spiro atoms. The molecule has 0 aromatic rings. The van der Waals surface area contributed by atoms with Crippen molar-refractivity contribution in [3.8, 4) is 0 Å². The van der Waals surface area contributed by atoms with Crippen molar-refractivity contribution in [1.82, 2.24) is 5.32 Å². The molecule has 18 heavy (non-hydrogen) atoms. The van der Waals surface area contributed by atoms with Gasteiger partial charge in [0.15, 0.2) is 0 Å². The molecule has 1 heterocycles. The lowest BCUT2D eigenvalue weighted by Crippen LogP contribution is -2.41. The lowest BCUT2D eigenvalue weighted by atomic mass is 10.2. The van der Waals surface area contributed by atoms with Crippen LogP contribution < -0.4 is 11.1 Å². The van der Waals surface area contributed by atoms with Gasteiger partial charge < -0.3 is 20.5 Å². The molecule has 1 rings (SSSR count). The maximum atomic E-state index is 11.5. The molecule has 3 N–H and O–H groups in total. The van der Waals surface area contributed by atoms with Gasteiger partial charge in [0.25, 0.3) is 0 Å². The van der Waals surface area contributed by atoms with Crippen molar-refractivity contribution < 1.29 is 14.3 Å². The van der Waals surface area contributed by atoms with Crippen LogP contribution in [0.3, 0.4) is 0 Å². The Morgan fingerprint density at radius 2 is 2.44 bits per heavy atom. The second kappa shape index (κ2) is 9.30. The van der Waals surface area contributed by atoms with E-state index in [2.05, 4.69) is 5.32 Å². The third-order valence-electron chi connectivity index (χ3n) is 3.03. The van der Waals surface area contributed by atoms with Crippen molar-refractivity contribution in [1.29, 1.82) is 0 Å². The molecule has 0 aromatic carbocycles. The third-order valence-corrected chi connectivity index (χ3v) is 3.03. The molecule has 1 aliphatic heterocycles. The van der Waals surface area contributed by atoms with E-state index in [9.17, 15) is 4.79 Å². The monoisotopic (exact) mass is 258 g/mol. The van der Waals surface area contributed by atoms with Gasteiger partial charge in [-0.1, -0.05) is 13.3 Å². The first kappa shape index (κ1) is 15.4. The number of ether oxygens (including phenoxy) is 2. The van der Waals surface area contributed by atoms with Crippen LogP contribution in [0.4, 0.5) is 0 Å². The number of hydrogen-bond acceptors (Lipinski definition) is 4. The van der Waals surface area contributed by atoms with Crippen molar-refractivity contribution in [2.75, 3.05) is 26.4 Å². The zero-order valence-electron chi connectivity index (χ0n) is 11.3. The summed E-state index contributed by atoms with van der Waals surface area (Å²) in [5.74, 6) is -0.0593. The molecule has 1 fully saturated rings. The van der Waals surface area contributed by atoms with Gasteiger partial charge in [-0.3, -0.25) is 4.79 Å². The topological polar surface area (TPSA) is 73.6 Å². The molecular formula is C13H26N2O3. The fraction of sp³-hybridized carbons (Fsp3) is 0.923. The van der Waals surface area contributed by atoms with Gasteiger partial charge in [0.2, 0.25) is 5.91 Å². The van der Waals surface area contributed by atoms with Crippen LogP contribution in [0.25, 0.3) is 0 Å². The van der Waals surface area contributed by atoms with E-state index in [-0.39, 0.29) is 18.1 Å². The summed E-state index contributed by atoms with van der Waals surface area (Å²) in [5, 5.41) is 2.82. The van der Waals surface area contributed by atoms with Crippen LogP contribution in [0.2, 0.25) is 0 Å². The fourth-order valence-corrected chi connectivity index (χ4v) is 1.95. The van der Waals surface area contributed by atoms with E-state index in [1.54, 1.807) is 0 Å². The molecule has 1 aliphatic rings. The molecule has 106 valence electrons. The smallest absolute Gasteiger partial charge is 0.236 e. The first-order valence-electron chi connectivity index (χ1n) is 6.96. The highest BCUT2D eigenvalue weighted by Crippen LogP contribution is 2.11. The molecule has 0 radical (unpaired) electrons. The quantitative estimate of drug-likeness (QED) is 0.600. The number of amides is 1. The molecule has 5 heteroatoms. The fourth-order valence-electron chi connectivity index (χ4n) is 1.95. The second-order valence-electron chi connectivity index (χ2n) is 4.75. The van der Waals surface area contributed by atoms with Gasteiger partial charge in [0, 0.05) is 19.8 Å². The number of nitrogens with one attached hydrogen (secondary N) is 1. The van der Waals surface area contributed by atoms with Crippen LogP contribution in [-0.2, 0) is 14.3 Å². The molecule has 2 atom stereocenters. The summed E-state index contributed by atoms with van der Waals surface area (Å²) >= 11 is 0. The Balaban J connectivity index is 1.89. The molecule has 1 saturated heterocycles. The van der Waals surface area contributed by atoms with E-state index < -0.39 is 0 Å². The van der Waals surface area contributed by atoms with Crippen molar-refractivity contribution in [2.45, 2.75) is 51.2 Å².